The Bertz CT molecular complexity index is 615. The van der Waals surface area contributed by atoms with Gasteiger partial charge in [-0.15, -0.1) is 0 Å². The number of esters is 1. The molecule has 0 amide bonds. The summed E-state index contributed by atoms with van der Waals surface area (Å²) in [6.07, 6.45) is 12.5. The monoisotopic (exact) mass is 588 g/mol. The number of ether oxygens (including phenoxy) is 1. The summed E-state index contributed by atoms with van der Waals surface area (Å²) in [6, 6.07) is 0. The molecular formula is C24H48BrNO8P+. The van der Waals surface area contributed by atoms with Crippen LogP contribution in [0.1, 0.15) is 70.6 Å². The van der Waals surface area contributed by atoms with Gasteiger partial charge in [0, 0.05) is 11.8 Å². The standard InChI is InChI=1S/C24H47BrNO8P/c1-26(2,3)18-19-32-35(30,31)33-21-23(20-27)34-24(29)16-13-15-22(28)14-11-9-7-5-4-6-8-10-12-17-25/h6,8,22-23,27-28H,4-5,7,9-21H2,1-3H3/p+1/b8-6-/i25-1. The third-order valence-electron chi connectivity index (χ3n) is 5.19. The van der Waals surface area contributed by atoms with Crippen LogP contribution in [0.5, 0.6) is 0 Å². The number of alkyl halides is 1. The van der Waals surface area contributed by atoms with Gasteiger partial charge in [0.1, 0.15) is 19.3 Å². The second-order valence-corrected chi connectivity index (χ2v) is 12.0. The molecule has 0 saturated carbocycles. The average molecular weight is 589 g/mol. The van der Waals surface area contributed by atoms with E-state index in [-0.39, 0.29) is 13.0 Å². The molecule has 0 aromatic carbocycles. The molecule has 0 saturated heterocycles. The second-order valence-electron chi connectivity index (χ2n) is 9.75. The number of phosphoric acid groups is 1. The number of quaternary nitrogens is 1. The quantitative estimate of drug-likeness (QED) is 0.0403. The van der Waals surface area contributed by atoms with Gasteiger partial charge < -0.3 is 24.3 Å². The molecule has 208 valence electrons. The number of carbonyl (C=O) groups excluding carboxylic acids is 1. The van der Waals surface area contributed by atoms with Crippen molar-refractivity contribution in [3.05, 3.63) is 12.2 Å². The highest BCUT2D eigenvalue weighted by molar-refractivity contribution is 9.09. The van der Waals surface area contributed by atoms with Crippen LogP contribution in [0.3, 0.4) is 0 Å². The number of likely N-dealkylation sites (N-methyl/N-ethyl adjacent to an activating group) is 1. The molecule has 3 N–H and O–H groups in total. The first-order valence-corrected chi connectivity index (χ1v) is 15.2. The number of aliphatic hydroxyl groups excluding tert-OH is 2. The third-order valence-corrected chi connectivity index (χ3v) is 6.73. The van der Waals surface area contributed by atoms with Crippen LogP contribution in [0.25, 0.3) is 0 Å². The van der Waals surface area contributed by atoms with Crippen LogP contribution in [0, 0.1) is 0 Å². The zero-order chi connectivity index (χ0) is 26.6. The molecule has 0 fully saturated rings. The van der Waals surface area contributed by atoms with Crippen LogP contribution < -0.4 is 0 Å². The summed E-state index contributed by atoms with van der Waals surface area (Å²) < 4.78 is 27.3. The third kappa shape index (κ3) is 23.8. The summed E-state index contributed by atoms with van der Waals surface area (Å²) in [5.41, 5.74) is 0. The number of phosphoric ester groups is 1. The molecule has 0 aromatic rings. The number of unbranched alkanes of at least 4 members (excludes halogenated alkanes) is 5. The van der Waals surface area contributed by atoms with E-state index in [4.69, 9.17) is 13.8 Å². The SMILES string of the molecule is C[N+](C)(C)CCOP(=O)(O)OCC(CO)OC(=O)CCCC(O)CCCCCC/C=C\CCC[79Br]. The van der Waals surface area contributed by atoms with Crippen LogP contribution in [-0.2, 0) is 23.1 Å². The molecule has 3 atom stereocenters. The van der Waals surface area contributed by atoms with E-state index in [0.29, 0.717) is 30.3 Å². The van der Waals surface area contributed by atoms with Gasteiger partial charge >= 0.3 is 13.8 Å². The van der Waals surface area contributed by atoms with Gasteiger partial charge in [0.05, 0.1) is 40.5 Å². The largest absolute Gasteiger partial charge is 0.472 e. The van der Waals surface area contributed by atoms with Gasteiger partial charge in [-0.2, -0.15) is 0 Å². The number of rotatable bonds is 23. The van der Waals surface area contributed by atoms with Gasteiger partial charge in [-0.25, -0.2) is 4.57 Å². The van der Waals surface area contributed by atoms with Crippen LogP contribution in [0.4, 0.5) is 0 Å². The van der Waals surface area contributed by atoms with Gasteiger partial charge in [0.15, 0.2) is 0 Å². The fraction of sp³-hybridized carbons (Fsp3) is 0.875. The number of allylic oxidation sites excluding steroid dienone is 2. The Kier molecular flexibility index (Phi) is 20.5. The zero-order valence-corrected chi connectivity index (χ0v) is 24.3. The summed E-state index contributed by atoms with van der Waals surface area (Å²) >= 11 is 3.42. The number of halogens is 1. The van der Waals surface area contributed by atoms with Crippen molar-refractivity contribution >= 4 is 29.7 Å². The van der Waals surface area contributed by atoms with E-state index in [9.17, 15) is 24.5 Å². The minimum Gasteiger partial charge on any atom is -0.457 e. The lowest BCUT2D eigenvalue weighted by Crippen LogP contribution is -2.37. The highest BCUT2D eigenvalue weighted by atomic mass is 78.9. The van der Waals surface area contributed by atoms with Crippen molar-refractivity contribution in [1.29, 1.82) is 0 Å². The van der Waals surface area contributed by atoms with E-state index >= 15 is 0 Å². The molecule has 35 heavy (non-hydrogen) atoms. The Labute approximate surface area is 220 Å². The number of aliphatic hydroxyl groups is 2. The summed E-state index contributed by atoms with van der Waals surface area (Å²) in [4.78, 5) is 21.7. The van der Waals surface area contributed by atoms with E-state index in [2.05, 4.69) is 28.1 Å². The average Bonchev–Trinajstić information content (AvgIpc) is 2.76. The van der Waals surface area contributed by atoms with Crippen molar-refractivity contribution in [2.45, 2.75) is 82.8 Å². The fourth-order valence-electron chi connectivity index (χ4n) is 3.07. The Balaban J connectivity index is 3.90. The van der Waals surface area contributed by atoms with Crippen molar-refractivity contribution in [2.24, 2.45) is 0 Å². The summed E-state index contributed by atoms with van der Waals surface area (Å²) in [5, 5.41) is 20.5. The van der Waals surface area contributed by atoms with E-state index in [0.717, 1.165) is 43.9 Å². The molecular weight excluding hydrogens is 540 g/mol. The maximum absolute atomic E-state index is 12.0. The topological polar surface area (TPSA) is 123 Å². The van der Waals surface area contributed by atoms with E-state index in [1.54, 1.807) is 0 Å². The fourth-order valence-corrected chi connectivity index (χ4v) is 4.13. The molecule has 0 spiro atoms. The lowest BCUT2D eigenvalue weighted by atomic mass is 10.0. The first-order valence-electron chi connectivity index (χ1n) is 12.6. The molecule has 0 aliphatic carbocycles. The minimum absolute atomic E-state index is 0.0261. The van der Waals surface area contributed by atoms with Crippen molar-refractivity contribution in [3.8, 4) is 0 Å². The number of hydrogen-bond acceptors (Lipinski definition) is 7. The molecule has 3 unspecified atom stereocenters. The summed E-state index contributed by atoms with van der Waals surface area (Å²) in [5.74, 6) is -0.553. The second kappa shape index (κ2) is 20.7. The molecule has 11 heteroatoms. The first kappa shape index (κ1) is 34.7. The van der Waals surface area contributed by atoms with Gasteiger partial charge in [0.2, 0.25) is 0 Å². The first-order chi connectivity index (χ1) is 16.5. The van der Waals surface area contributed by atoms with E-state index in [1.807, 2.05) is 21.1 Å². The Hall–Kier alpha value is -0.320. The van der Waals surface area contributed by atoms with Crippen molar-refractivity contribution in [3.63, 3.8) is 0 Å². The van der Waals surface area contributed by atoms with Gasteiger partial charge in [-0.3, -0.25) is 13.8 Å². The zero-order valence-electron chi connectivity index (χ0n) is 21.8. The van der Waals surface area contributed by atoms with Crippen LogP contribution >= 0.6 is 23.8 Å². The van der Waals surface area contributed by atoms with Gasteiger partial charge in [-0.1, -0.05) is 47.3 Å². The maximum atomic E-state index is 12.0. The highest BCUT2D eigenvalue weighted by Gasteiger charge is 2.25. The minimum atomic E-state index is -4.30. The van der Waals surface area contributed by atoms with Crippen LogP contribution in [0.15, 0.2) is 12.2 Å². The Morgan fingerprint density at radius 1 is 1.00 bits per heavy atom. The lowest BCUT2D eigenvalue weighted by molar-refractivity contribution is -0.870. The molecule has 0 rings (SSSR count). The summed E-state index contributed by atoms with van der Waals surface area (Å²) in [6.45, 7) is -0.457. The smallest absolute Gasteiger partial charge is 0.457 e. The van der Waals surface area contributed by atoms with Crippen molar-refractivity contribution in [1.82, 2.24) is 0 Å². The maximum Gasteiger partial charge on any atom is 0.472 e. The number of carbonyl (C=O) groups is 1. The summed E-state index contributed by atoms with van der Waals surface area (Å²) in [7, 11) is 1.46. The van der Waals surface area contributed by atoms with Gasteiger partial charge in [0.25, 0.3) is 0 Å². The van der Waals surface area contributed by atoms with E-state index in [1.165, 1.54) is 6.42 Å². The predicted octanol–water partition coefficient (Wildman–Crippen LogP) is 4.33. The van der Waals surface area contributed by atoms with Crippen LogP contribution in [0.2, 0.25) is 0 Å². The normalized spacial score (nSPS) is 15.7. The van der Waals surface area contributed by atoms with Crippen molar-refractivity contribution < 1.29 is 42.7 Å². The van der Waals surface area contributed by atoms with Crippen molar-refractivity contribution in [2.75, 3.05) is 52.8 Å². The number of nitrogens with zero attached hydrogens (tertiary/aromatic N) is 1. The van der Waals surface area contributed by atoms with Crippen LogP contribution in [-0.4, -0.2) is 90.6 Å². The number of hydrogen-bond donors (Lipinski definition) is 3. The molecule has 0 aromatic heterocycles. The Morgan fingerprint density at radius 3 is 2.26 bits per heavy atom. The highest BCUT2D eigenvalue weighted by Crippen LogP contribution is 2.43. The molecule has 0 heterocycles. The molecule has 0 bridgehead atoms. The molecule has 9 nitrogen and oxygen atoms in total. The van der Waals surface area contributed by atoms with E-state index < -0.39 is 39.2 Å². The molecule has 0 aliphatic heterocycles. The Morgan fingerprint density at radius 2 is 1.63 bits per heavy atom. The van der Waals surface area contributed by atoms with Gasteiger partial charge in [-0.05, 0) is 44.9 Å². The molecule has 0 radical (unpaired) electrons. The predicted molar refractivity (Wildman–Crippen MR) is 141 cm³/mol. The lowest BCUT2D eigenvalue weighted by Gasteiger charge is -2.24. The molecule has 0 aliphatic rings.